The molecule has 0 atom stereocenters. The number of para-hydroxylation sites is 1. The van der Waals surface area contributed by atoms with E-state index in [9.17, 15) is 18.0 Å². The molecule has 2 heterocycles. The number of hydrogen-bond acceptors (Lipinski definition) is 5. The standard InChI is InChI=1S/C25H17Cl2F3N2O2.C5H11NO/c1-15-11-18(17-7-5-16(13-33)6-8-17)9-10-22(15)34-14-19-12-23(25(28,29)30)31-32(19)24-20(26)3-2-4-21(24)27;1-6-2-4-7-5-3-6/h2-13H,14H2,1H3;2-5H2,1H3. The van der Waals surface area contributed by atoms with Crippen molar-refractivity contribution in [2.45, 2.75) is 19.7 Å². The van der Waals surface area contributed by atoms with Gasteiger partial charge in [-0.05, 0) is 61.0 Å². The zero-order valence-electron chi connectivity index (χ0n) is 22.4. The molecular formula is C30H28Cl2F3N3O3. The van der Waals surface area contributed by atoms with E-state index in [1.54, 1.807) is 24.3 Å². The average molecular weight is 606 g/mol. The van der Waals surface area contributed by atoms with Gasteiger partial charge in [-0.1, -0.05) is 59.6 Å². The largest absolute Gasteiger partial charge is 0.487 e. The number of ether oxygens (including phenoxy) is 2. The molecule has 0 unspecified atom stereocenters. The molecule has 1 fully saturated rings. The van der Waals surface area contributed by atoms with Crippen LogP contribution >= 0.6 is 23.2 Å². The minimum absolute atomic E-state index is 0.134. The number of morpholine rings is 1. The predicted molar refractivity (Wildman–Crippen MR) is 153 cm³/mol. The number of likely N-dealkylation sites (N-methyl/N-ethyl adjacent to an activating group) is 1. The van der Waals surface area contributed by atoms with Gasteiger partial charge in [0.1, 0.15) is 24.3 Å². The third-order valence-corrected chi connectivity index (χ3v) is 7.00. The number of benzene rings is 3. The molecule has 0 aliphatic carbocycles. The first-order chi connectivity index (χ1) is 19.6. The second-order valence-electron chi connectivity index (χ2n) is 9.43. The lowest BCUT2D eigenvalue weighted by Gasteiger charge is -2.21. The molecule has 1 aliphatic heterocycles. The average Bonchev–Trinajstić information content (AvgIpc) is 3.37. The van der Waals surface area contributed by atoms with Crippen LogP contribution in [0.2, 0.25) is 10.0 Å². The molecule has 216 valence electrons. The number of nitrogens with zero attached hydrogens (tertiary/aromatic N) is 3. The molecule has 6 nitrogen and oxygen atoms in total. The van der Waals surface area contributed by atoms with Crippen molar-refractivity contribution in [3.8, 4) is 22.6 Å². The molecule has 0 saturated carbocycles. The topological polar surface area (TPSA) is 56.6 Å². The summed E-state index contributed by atoms with van der Waals surface area (Å²) in [7, 11) is 2.11. The Morgan fingerprint density at radius 1 is 0.976 bits per heavy atom. The number of hydrogen-bond donors (Lipinski definition) is 0. The Morgan fingerprint density at radius 2 is 1.61 bits per heavy atom. The lowest BCUT2D eigenvalue weighted by atomic mass is 10.0. The number of aromatic nitrogens is 2. The van der Waals surface area contributed by atoms with E-state index < -0.39 is 11.9 Å². The van der Waals surface area contributed by atoms with Gasteiger partial charge in [0, 0.05) is 18.7 Å². The van der Waals surface area contributed by atoms with Crippen LogP contribution in [0.4, 0.5) is 13.2 Å². The maximum absolute atomic E-state index is 13.4. The number of aldehydes is 1. The van der Waals surface area contributed by atoms with Crippen LogP contribution in [0.5, 0.6) is 5.75 Å². The summed E-state index contributed by atoms with van der Waals surface area (Å²) < 4.78 is 52.1. The number of halogens is 5. The van der Waals surface area contributed by atoms with E-state index >= 15 is 0 Å². The van der Waals surface area contributed by atoms with E-state index in [2.05, 4.69) is 17.0 Å². The number of carbonyl (C=O) groups is 1. The Bertz CT molecular complexity index is 1460. The lowest BCUT2D eigenvalue weighted by molar-refractivity contribution is -0.141. The molecule has 4 aromatic rings. The van der Waals surface area contributed by atoms with Crippen molar-refractivity contribution >= 4 is 29.5 Å². The first-order valence-electron chi connectivity index (χ1n) is 12.7. The van der Waals surface area contributed by atoms with E-state index in [0.29, 0.717) is 11.3 Å². The maximum atomic E-state index is 13.4. The third kappa shape index (κ3) is 7.89. The van der Waals surface area contributed by atoms with E-state index in [-0.39, 0.29) is 28.0 Å². The summed E-state index contributed by atoms with van der Waals surface area (Å²) in [5.74, 6) is 0.500. The summed E-state index contributed by atoms with van der Waals surface area (Å²) in [6.07, 6.45) is -3.87. The predicted octanol–water partition coefficient (Wildman–Crippen LogP) is 7.51. The summed E-state index contributed by atoms with van der Waals surface area (Å²) in [4.78, 5) is 13.1. The van der Waals surface area contributed by atoms with Crippen LogP contribution in [0.3, 0.4) is 0 Å². The Hall–Kier alpha value is -3.37. The van der Waals surface area contributed by atoms with Gasteiger partial charge in [-0.3, -0.25) is 4.79 Å². The zero-order chi connectivity index (χ0) is 29.6. The monoisotopic (exact) mass is 605 g/mol. The van der Waals surface area contributed by atoms with Crippen LogP contribution < -0.4 is 4.74 Å². The van der Waals surface area contributed by atoms with Crippen molar-refractivity contribution < 1.29 is 27.4 Å². The van der Waals surface area contributed by atoms with Gasteiger partial charge >= 0.3 is 6.18 Å². The van der Waals surface area contributed by atoms with Gasteiger partial charge in [0.25, 0.3) is 0 Å². The summed E-state index contributed by atoms with van der Waals surface area (Å²) in [6.45, 7) is 5.66. The quantitative estimate of drug-likeness (QED) is 0.213. The van der Waals surface area contributed by atoms with E-state index in [1.165, 1.54) is 12.1 Å². The molecule has 0 bridgehead atoms. The van der Waals surface area contributed by atoms with Crippen LogP contribution in [-0.2, 0) is 17.5 Å². The highest BCUT2D eigenvalue weighted by atomic mass is 35.5. The molecule has 5 rings (SSSR count). The highest BCUT2D eigenvalue weighted by molar-refractivity contribution is 6.37. The van der Waals surface area contributed by atoms with Crippen molar-refractivity contribution in [1.29, 1.82) is 0 Å². The summed E-state index contributed by atoms with van der Waals surface area (Å²) in [5.41, 5.74) is 2.40. The highest BCUT2D eigenvalue weighted by Gasteiger charge is 2.35. The lowest BCUT2D eigenvalue weighted by Crippen LogP contribution is -2.32. The summed E-state index contributed by atoms with van der Waals surface area (Å²) in [6, 6.07) is 18.1. The molecule has 1 aromatic heterocycles. The van der Waals surface area contributed by atoms with Gasteiger partial charge in [-0.15, -0.1) is 0 Å². The van der Waals surface area contributed by atoms with Gasteiger partial charge in [0.05, 0.1) is 29.0 Å². The molecule has 0 radical (unpaired) electrons. The first kappa shape index (κ1) is 30.6. The fraction of sp³-hybridized carbons (Fsp3) is 0.267. The van der Waals surface area contributed by atoms with Gasteiger partial charge < -0.3 is 14.4 Å². The minimum Gasteiger partial charge on any atom is -0.487 e. The van der Waals surface area contributed by atoms with E-state index in [4.69, 9.17) is 32.7 Å². The second kappa shape index (κ2) is 13.5. The molecule has 1 aliphatic rings. The van der Waals surface area contributed by atoms with E-state index in [0.717, 1.165) is 60.0 Å². The van der Waals surface area contributed by atoms with Gasteiger partial charge in [0.15, 0.2) is 5.69 Å². The normalized spacial score (nSPS) is 13.8. The summed E-state index contributed by atoms with van der Waals surface area (Å²) in [5, 5.41) is 4.01. The molecule has 1 saturated heterocycles. The van der Waals surface area contributed by atoms with Crippen LogP contribution in [0.15, 0.2) is 66.7 Å². The molecule has 3 aromatic carbocycles. The van der Waals surface area contributed by atoms with Crippen molar-refractivity contribution in [3.05, 3.63) is 99.3 Å². The maximum Gasteiger partial charge on any atom is 0.435 e. The number of carbonyl (C=O) groups excluding carboxylic acids is 1. The zero-order valence-corrected chi connectivity index (χ0v) is 23.9. The Kier molecular flexibility index (Phi) is 10.1. The van der Waals surface area contributed by atoms with Gasteiger partial charge in [0.2, 0.25) is 0 Å². The van der Waals surface area contributed by atoms with Gasteiger partial charge in [-0.25, -0.2) is 4.68 Å². The van der Waals surface area contributed by atoms with Crippen LogP contribution in [0.1, 0.15) is 27.3 Å². The fourth-order valence-electron chi connectivity index (χ4n) is 4.10. The number of alkyl halides is 3. The third-order valence-electron chi connectivity index (χ3n) is 6.39. The van der Waals surface area contributed by atoms with Crippen molar-refractivity contribution in [2.24, 2.45) is 0 Å². The van der Waals surface area contributed by atoms with Crippen LogP contribution in [0.25, 0.3) is 16.8 Å². The highest BCUT2D eigenvalue weighted by Crippen LogP contribution is 2.34. The SMILES string of the molecule is CN1CCOCC1.Cc1cc(-c2ccc(C=O)cc2)ccc1OCc1cc(C(F)(F)F)nn1-c1c(Cl)cccc1Cl. The Labute approximate surface area is 246 Å². The van der Waals surface area contributed by atoms with E-state index in [1.807, 2.05) is 31.2 Å². The molecule has 41 heavy (non-hydrogen) atoms. The Morgan fingerprint density at radius 3 is 2.15 bits per heavy atom. The van der Waals surface area contributed by atoms with Crippen molar-refractivity contribution in [1.82, 2.24) is 14.7 Å². The van der Waals surface area contributed by atoms with Crippen molar-refractivity contribution in [3.63, 3.8) is 0 Å². The minimum atomic E-state index is -4.65. The Balaban J connectivity index is 0.000000483. The van der Waals surface area contributed by atoms with Crippen molar-refractivity contribution in [2.75, 3.05) is 33.4 Å². The molecule has 0 spiro atoms. The fourth-order valence-corrected chi connectivity index (χ4v) is 4.66. The molecule has 0 N–H and O–H groups in total. The molecular weight excluding hydrogens is 578 g/mol. The number of rotatable bonds is 6. The number of aryl methyl sites for hydroxylation is 1. The molecule has 11 heteroatoms. The smallest absolute Gasteiger partial charge is 0.435 e. The van der Waals surface area contributed by atoms with Crippen LogP contribution in [0, 0.1) is 6.92 Å². The first-order valence-corrected chi connectivity index (χ1v) is 13.5. The van der Waals surface area contributed by atoms with Gasteiger partial charge in [-0.2, -0.15) is 18.3 Å². The molecule has 0 amide bonds. The van der Waals surface area contributed by atoms with Crippen LogP contribution in [-0.4, -0.2) is 54.3 Å². The summed E-state index contributed by atoms with van der Waals surface area (Å²) >= 11 is 12.4. The second-order valence-corrected chi connectivity index (χ2v) is 10.2.